The van der Waals surface area contributed by atoms with Crippen LogP contribution in [0, 0.1) is 0 Å². The highest BCUT2D eigenvalue weighted by Gasteiger charge is 2.33. The molecule has 1 atom stereocenters. The SMILES string of the molecule is CC1CN(C)CCCN1CC1(N)CCCC1. The molecule has 0 amide bonds. The summed E-state index contributed by atoms with van der Waals surface area (Å²) in [5, 5.41) is 0. The van der Waals surface area contributed by atoms with Crippen molar-refractivity contribution in [2.45, 2.75) is 50.6 Å². The summed E-state index contributed by atoms with van der Waals surface area (Å²) in [7, 11) is 2.23. The fourth-order valence-electron chi connectivity index (χ4n) is 3.30. The Morgan fingerprint density at radius 3 is 2.56 bits per heavy atom. The van der Waals surface area contributed by atoms with Crippen LogP contribution in [-0.4, -0.2) is 54.6 Å². The standard InChI is InChI=1S/C13H27N3/c1-12-10-15(2)8-5-9-16(12)11-13(14)6-3-4-7-13/h12H,3-11,14H2,1-2H3. The van der Waals surface area contributed by atoms with Crippen molar-refractivity contribution in [2.75, 3.05) is 33.2 Å². The first-order valence-corrected chi connectivity index (χ1v) is 6.81. The molecule has 0 aromatic rings. The van der Waals surface area contributed by atoms with Gasteiger partial charge in [-0.1, -0.05) is 12.8 Å². The lowest BCUT2D eigenvalue weighted by Crippen LogP contribution is -2.51. The molecule has 1 heterocycles. The van der Waals surface area contributed by atoms with Gasteiger partial charge < -0.3 is 10.6 Å². The predicted octanol–water partition coefficient (Wildman–Crippen LogP) is 1.28. The molecule has 3 heteroatoms. The van der Waals surface area contributed by atoms with Crippen LogP contribution in [0.2, 0.25) is 0 Å². The van der Waals surface area contributed by atoms with Crippen molar-refractivity contribution in [3.8, 4) is 0 Å². The second-order valence-electron chi connectivity index (χ2n) is 6.00. The van der Waals surface area contributed by atoms with Crippen molar-refractivity contribution in [2.24, 2.45) is 5.73 Å². The zero-order chi connectivity index (χ0) is 11.6. The van der Waals surface area contributed by atoms with E-state index < -0.39 is 0 Å². The molecule has 0 spiro atoms. The molecule has 16 heavy (non-hydrogen) atoms. The van der Waals surface area contributed by atoms with Crippen molar-refractivity contribution in [1.29, 1.82) is 0 Å². The van der Waals surface area contributed by atoms with E-state index in [1.54, 1.807) is 0 Å². The molecule has 1 aliphatic carbocycles. The smallest absolute Gasteiger partial charge is 0.0283 e. The van der Waals surface area contributed by atoms with Crippen LogP contribution in [0.25, 0.3) is 0 Å². The van der Waals surface area contributed by atoms with Crippen LogP contribution in [0.3, 0.4) is 0 Å². The van der Waals surface area contributed by atoms with Crippen molar-refractivity contribution in [1.82, 2.24) is 9.80 Å². The molecule has 94 valence electrons. The minimum atomic E-state index is 0.122. The van der Waals surface area contributed by atoms with Crippen LogP contribution in [0.4, 0.5) is 0 Å². The molecule has 2 N–H and O–H groups in total. The van der Waals surface area contributed by atoms with E-state index in [4.69, 9.17) is 5.73 Å². The van der Waals surface area contributed by atoms with E-state index in [2.05, 4.69) is 23.8 Å². The zero-order valence-corrected chi connectivity index (χ0v) is 10.9. The van der Waals surface area contributed by atoms with E-state index in [9.17, 15) is 0 Å². The third-order valence-corrected chi connectivity index (χ3v) is 4.30. The Morgan fingerprint density at radius 2 is 1.88 bits per heavy atom. The number of nitrogens with two attached hydrogens (primary N) is 1. The molecule has 1 aliphatic heterocycles. The van der Waals surface area contributed by atoms with Gasteiger partial charge in [-0.15, -0.1) is 0 Å². The van der Waals surface area contributed by atoms with E-state index in [-0.39, 0.29) is 5.54 Å². The molecular weight excluding hydrogens is 198 g/mol. The van der Waals surface area contributed by atoms with Crippen LogP contribution in [-0.2, 0) is 0 Å². The van der Waals surface area contributed by atoms with Gasteiger partial charge in [0.2, 0.25) is 0 Å². The summed E-state index contributed by atoms with van der Waals surface area (Å²) < 4.78 is 0. The topological polar surface area (TPSA) is 32.5 Å². The van der Waals surface area contributed by atoms with Gasteiger partial charge in [0.25, 0.3) is 0 Å². The number of nitrogens with zero attached hydrogens (tertiary/aromatic N) is 2. The first-order valence-electron chi connectivity index (χ1n) is 6.81. The van der Waals surface area contributed by atoms with Crippen molar-refractivity contribution >= 4 is 0 Å². The molecule has 0 radical (unpaired) electrons. The third-order valence-electron chi connectivity index (χ3n) is 4.30. The van der Waals surface area contributed by atoms with Gasteiger partial charge in [-0.2, -0.15) is 0 Å². The maximum absolute atomic E-state index is 6.48. The Hall–Kier alpha value is -0.120. The summed E-state index contributed by atoms with van der Waals surface area (Å²) in [5.41, 5.74) is 6.60. The van der Waals surface area contributed by atoms with Gasteiger partial charge in [0.15, 0.2) is 0 Å². The molecule has 1 saturated carbocycles. The Bertz CT molecular complexity index is 223. The van der Waals surface area contributed by atoms with Gasteiger partial charge in [0.1, 0.15) is 0 Å². The molecule has 0 aromatic carbocycles. The Morgan fingerprint density at radius 1 is 1.19 bits per heavy atom. The highest BCUT2D eigenvalue weighted by Crippen LogP contribution is 2.28. The zero-order valence-electron chi connectivity index (χ0n) is 10.9. The first kappa shape index (κ1) is 12.3. The number of likely N-dealkylation sites (N-methyl/N-ethyl adjacent to an activating group) is 1. The number of rotatable bonds is 2. The van der Waals surface area contributed by atoms with E-state index in [1.165, 1.54) is 51.7 Å². The lowest BCUT2D eigenvalue weighted by molar-refractivity contribution is 0.160. The molecule has 2 fully saturated rings. The summed E-state index contributed by atoms with van der Waals surface area (Å²) >= 11 is 0. The third kappa shape index (κ3) is 2.96. The summed E-state index contributed by atoms with van der Waals surface area (Å²) in [5.74, 6) is 0. The number of hydrogen-bond acceptors (Lipinski definition) is 3. The van der Waals surface area contributed by atoms with Crippen LogP contribution >= 0.6 is 0 Å². The monoisotopic (exact) mass is 225 g/mol. The molecule has 2 aliphatic rings. The van der Waals surface area contributed by atoms with E-state index in [0.29, 0.717) is 6.04 Å². The summed E-state index contributed by atoms with van der Waals surface area (Å²) in [6, 6.07) is 0.661. The van der Waals surface area contributed by atoms with Crippen LogP contribution in [0.5, 0.6) is 0 Å². The fraction of sp³-hybridized carbons (Fsp3) is 1.00. The van der Waals surface area contributed by atoms with Crippen LogP contribution in [0.1, 0.15) is 39.0 Å². The van der Waals surface area contributed by atoms with Gasteiger partial charge >= 0.3 is 0 Å². The second-order valence-corrected chi connectivity index (χ2v) is 6.00. The van der Waals surface area contributed by atoms with E-state index in [1.807, 2.05) is 0 Å². The second kappa shape index (κ2) is 5.03. The maximum atomic E-state index is 6.48. The average molecular weight is 225 g/mol. The highest BCUT2D eigenvalue weighted by atomic mass is 15.2. The van der Waals surface area contributed by atoms with Gasteiger partial charge in [-0.25, -0.2) is 0 Å². The minimum absolute atomic E-state index is 0.122. The van der Waals surface area contributed by atoms with Crippen LogP contribution < -0.4 is 5.73 Å². The maximum Gasteiger partial charge on any atom is 0.0283 e. The molecule has 2 rings (SSSR count). The molecule has 1 saturated heterocycles. The van der Waals surface area contributed by atoms with Crippen molar-refractivity contribution in [3.05, 3.63) is 0 Å². The average Bonchev–Trinajstić information content (AvgIpc) is 2.57. The van der Waals surface area contributed by atoms with Crippen molar-refractivity contribution in [3.63, 3.8) is 0 Å². The van der Waals surface area contributed by atoms with Gasteiger partial charge in [-0.05, 0) is 46.3 Å². The van der Waals surface area contributed by atoms with E-state index >= 15 is 0 Å². The lowest BCUT2D eigenvalue weighted by atomic mass is 9.97. The Balaban J connectivity index is 1.92. The highest BCUT2D eigenvalue weighted by molar-refractivity contribution is 4.93. The van der Waals surface area contributed by atoms with Gasteiger partial charge in [-0.3, -0.25) is 4.90 Å². The summed E-state index contributed by atoms with van der Waals surface area (Å²) in [4.78, 5) is 5.07. The number of hydrogen-bond donors (Lipinski definition) is 1. The quantitative estimate of drug-likeness (QED) is 0.768. The normalized spacial score (nSPS) is 32.8. The minimum Gasteiger partial charge on any atom is -0.324 e. The Labute approximate surface area is 100.0 Å². The predicted molar refractivity (Wildman–Crippen MR) is 68.5 cm³/mol. The molecule has 3 nitrogen and oxygen atoms in total. The molecular formula is C13H27N3. The summed E-state index contributed by atoms with van der Waals surface area (Å²) in [6.45, 7) is 7.11. The van der Waals surface area contributed by atoms with Gasteiger partial charge in [0.05, 0.1) is 0 Å². The molecule has 1 unspecified atom stereocenters. The lowest BCUT2D eigenvalue weighted by Gasteiger charge is -2.35. The van der Waals surface area contributed by atoms with Gasteiger partial charge in [0, 0.05) is 24.7 Å². The van der Waals surface area contributed by atoms with Crippen LogP contribution in [0.15, 0.2) is 0 Å². The fourth-order valence-corrected chi connectivity index (χ4v) is 3.30. The van der Waals surface area contributed by atoms with E-state index in [0.717, 1.165) is 6.54 Å². The molecule has 0 aromatic heterocycles. The first-order chi connectivity index (χ1) is 7.59. The molecule has 0 bridgehead atoms. The summed E-state index contributed by atoms with van der Waals surface area (Å²) in [6.07, 6.45) is 6.41. The Kier molecular flexibility index (Phi) is 3.88. The van der Waals surface area contributed by atoms with Crippen molar-refractivity contribution < 1.29 is 0 Å². The largest absolute Gasteiger partial charge is 0.324 e.